The number of thiophene rings is 1. The number of hydrogen-bond donors (Lipinski definition) is 2. The third-order valence-electron chi connectivity index (χ3n) is 3.79. The zero-order valence-corrected chi connectivity index (χ0v) is 16.5. The van der Waals surface area contributed by atoms with E-state index in [9.17, 15) is 13.9 Å². The third-order valence-corrected chi connectivity index (χ3v) is 5.29. The summed E-state index contributed by atoms with van der Waals surface area (Å²) in [6, 6.07) is 5.06. The van der Waals surface area contributed by atoms with Crippen molar-refractivity contribution in [1.29, 1.82) is 0 Å². The van der Waals surface area contributed by atoms with Crippen LogP contribution in [-0.2, 0) is 0 Å². The molecule has 2 heterocycles. The van der Waals surface area contributed by atoms with Crippen LogP contribution >= 0.6 is 52.1 Å². The van der Waals surface area contributed by atoms with E-state index < -0.39 is 17.4 Å². The van der Waals surface area contributed by atoms with E-state index in [4.69, 9.17) is 0 Å². The molecule has 3 rings (SSSR count). The smallest absolute Gasteiger partial charge is 0.201 e. The van der Waals surface area contributed by atoms with Crippen molar-refractivity contribution in [2.24, 2.45) is 0 Å². The Morgan fingerprint density at radius 2 is 1.88 bits per heavy atom. The lowest BCUT2D eigenvalue weighted by molar-refractivity contribution is 0.197. The number of aromatic hydroxyl groups is 1. The molecule has 9 heteroatoms. The molecule has 0 saturated carbocycles. The van der Waals surface area contributed by atoms with E-state index in [1.54, 1.807) is 0 Å². The van der Waals surface area contributed by atoms with Gasteiger partial charge in [-0.1, -0.05) is 6.07 Å². The molecule has 1 aliphatic rings. The Kier molecular flexibility index (Phi) is 8.38. The normalized spacial score (nSPS) is 16.1. The number of piperazine rings is 1. The van der Waals surface area contributed by atoms with Crippen molar-refractivity contribution in [2.75, 3.05) is 26.2 Å². The predicted molar refractivity (Wildman–Crippen MR) is 101 cm³/mol. The maximum absolute atomic E-state index is 13.9. The molecule has 0 radical (unpaired) electrons. The molecule has 134 valence electrons. The molecule has 1 saturated heterocycles. The highest BCUT2D eigenvalue weighted by Crippen LogP contribution is 2.40. The fraction of sp³-hybridized carbons (Fsp3) is 0.333. The van der Waals surface area contributed by atoms with Crippen molar-refractivity contribution in [1.82, 2.24) is 10.2 Å². The first kappa shape index (κ1) is 21.6. The lowest BCUT2D eigenvalue weighted by Crippen LogP contribution is -2.45. The van der Waals surface area contributed by atoms with Gasteiger partial charge in [-0.15, -0.1) is 36.2 Å². The van der Waals surface area contributed by atoms with Crippen molar-refractivity contribution in [3.63, 3.8) is 0 Å². The van der Waals surface area contributed by atoms with Gasteiger partial charge in [-0.25, -0.2) is 4.39 Å². The average molecular weight is 462 g/mol. The molecule has 0 bridgehead atoms. The van der Waals surface area contributed by atoms with Gasteiger partial charge >= 0.3 is 0 Å². The largest absolute Gasteiger partial charge is 0.505 e. The molecule has 1 aromatic heterocycles. The highest BCUT2D eigenvalue weighted by molar-refractivity contribution is 9.10. The molecular formula is C15H17BrCl2F2N2OS. The topological polar surface area (TPSA) is 35.5 Å². The highest BCUT2D eigenvalue weighted by atomic mass is 79.9. The van der Waals surface area contributed by atoms with E-state index in [0.717, 1.165) is 31.1 Å². The summed E-state index contributed by atoms with van der Waals surface area (Å²) in [5.41, 5.74) is 0.384. The minimum Gasteiger partial charge on any atom is -0.505 e. The summed E-state index contributed by atoms with van der Waals surface area (Å²) >= 11 is 4.57. The molecule has 1 aliphatic heterocycles. The number of nitrogens with one attached hydrogen (secondary N) is 1. The second-order valence-electron chi connectivity index (χ2n) is 5.13. The van der Waals surface area contributed by atoms with Gasteiger partial charge in [0.2, 0.25) is 5.82 Å². The number of benzene rings is 1. The van der Waals surface area contributed by atoms with Crippen LogP contribution in [0.2, 0.25) is 0 Å². The molecule has 0 aliphatic carbocycles. The number of hydrogen-bond acceptors (Lipinski definition) is 4. The Bertz CT molecular complexity index is 670. The molecule has 0 amide bonds. The number of nitrogens with zero attached hydrogens (tertiary/aromatic N) is 1. The molecular weight excluding hydrogens is 445 g/mol. The monoisotopic (exact) mass is 460 g/mol. The van der Waals surface area contributed by atoms with Crippen molar-refractivity contribution in [3.05, 3.63) is 50.1 Å². The van der Waals surface area contributed by atoms with Gasteiger partial charge in [0.05, 0.1) is 10.5 Å². The summed E-state index contributed by atoms with van der Waals surface area (Å²) < 4.78 is 27.6. The predicted octanol–water partition coefficient (Wildman–Crippen LogP) is 4.33. The number of phenols is 1. The van der Waals surface area contributed by atoms with Crippen LogP contribution in [0.3, 0.4) is 0 Å². The first-order chi connectivity index (χ1) is 10.6. The van der Waals surface area contributed by atoms with Gasteiger partial charge in [0.15, 0.2) is 11.6 Å². The summed E-state index contributed by atoms with van der Waals surface area (Å²) in [4.78, 5) is 3.16. The number of phenolic OH excluding ortho intramolecular Hbond substituents is 1. The first-order valence-electron chi connectivity index (χ1n) is 6.94. The van der Waals surface area contributed by atoms with E-state index in [-0.39, 0.29) is 35.3 Å². The Morgan fingerprint density at radius 1 is 1.21 bits per heavy atom. The number of halogens is 5. The molecule has 24 heavy (non-hydrogen) atoms. The minimum absolute atomic E-state index is 0. The van der Waals surface area contributed by atoms with Crippen LogP contribution in [0, 0.1) is 11.6 Å². The standard InChI is InChI=1S/C15H15BrF2N2OS.2ClH/c16-10-8-9(15(21)13(18)12(10)17)14(11-2-1-7-22-11)20-5-3-19-4-6-20;;/h1-2,7-8,14,19,21H,3-6H2;2*1H/t14-;;/m1../s1. The summed E-state index contributed by atoms with van der Waals surface area (Å²) in [5.74, 6) is -2.88. The van der Waals surface area contributed by atoms with Gasteiger partial charge in [-0.05, 0) is 33.4 Å². The van der Waals surface area contributed by atoms with Gasteiger partial charge in [-0.2, -0.15) is 4.39 Å². The molecule has 1 aromatic carbocycles. The second-order valence-corrected chi connectivity index (χ2v) is 6.96. The minimum atomic E-state index is -1.21. The van der Waals surface area contributed by atoms with Crippen LogP contribution < -0.4 is 5.32 Å². The Labute approximate surface area is 164 Å². The van der Waals surface area contributed by atoms with E-state index in [1.807, 2.05) is 17.5 Å². The van der Waals surface area contributed by atoms with Crippen molar-refractivity contribution in [3.8, 4) is 5.75 Å². The van der Waals surface area contributed by atoms with Crippen molar-refractivity contribution >= 4 is 52.1 Å². The van der Waals surface area contributed by atoms with Gasteiger partial charge in [0, 0.05) is 36.6 Å². The van der Waals surface area contributed by atoms with Crippen LogP contribution in [-0.4, -0.2) is 36.2 Å². The Hall–Kier alpha value is -0.440. The van der Waals surface area contributed by atoms with Gasteiger partial charge in [0.1, 0.15) is 0 Å². The van der Waals surface area contributed by atoms with Gasteiger partial charge in [0.25, 0.3) is 0 Å². The van der Waals surface area contributed by atoms with Crippen molar-refractivity contribution < 1.29 is 13.9 Å². The maximum Gasteiger partial charge on any atom is 0.201 e. The summed E-state index contributed by atoms with van der Waals surface area (Å²) in [5, 5.41) is 15.3. The van der Waals surface area contributed by atoms with E-state index in [1.165, 1.54) is 17.4 Å². The van der Waals surface area contributed by atoms with Crippen LogP contribution in [0.15, 0.2) is 28.1 Å². The third kappa shape index (κ3) is 4.20. The molecule has 1 fully saturated rings. The second kappa shape index (κ2) is 9.31. The molecule has 2 N–H and O–H groups in total. The van der Waals surface area contributed by atoms with Gasteiger partial charge in [-0.3, -0.25) is 4.90 Å². The zero-order valence-electron chi connectivity index (χ0n) is 12.5. The lowest BCUT2D eigenvalue weighted by atomic mass is 10.0. The lowest BCUT2D eigenvalue weighted by Gasteiger charge is -2.35. The van der Waals surface area contributed by atoms with Crippen molar-refractivity contribution in [2.45, 2.75) is 6.04 Å². The van der Waals surface area contributed by atoms with Crippen LogP contribution in [0.5, 0.6) is 5.75 Å². The van der Waals surface area contributed by atoms with Crippen LogP contribution in [0.25, 0.3) is 0 Å². The first-order valence-corrected chi connectivity index (χ1v) is 8.61. The SMILES string of the molecule is Cl.Cl.Oc1c([C@H](c2cccs2)N2CCNCC2)cc(Br)c(F)c1F. The average Bonchev–Trinajstić information content (AvgIpc) is 3.05. The zero-order chi connectivity index (χ0) is 15.7. The Balaban J connectivity index is 0.00000144. The van der Waals surface area contributed by atoms with Crippen LogP contribution in [0.1, 0.15) is 16.5 Å². The molecule has 2 aromatic rings. The maximum atomic E-state index is 13.9. The molecule has 0 unspecified atom stereocenters. The summed E-state index contributed by atoms with van der Waals surface area (Å²) in [6.07, 6.45) is 0. The molecule has 3 nitrogen and oxygen atoms in total. The van der Waals surface area contributed by atoms with Gasteiger partial charge < -0.3 is 10.4 Å². The molecule has 1 atom stereocenters. The van der Waals surface area contributed by atoms with E-state index >= 15 is 0 Å². The quantitative estimate of drug-likeness (QED) is 0.667. The fourth-order valence-electron chi connectivity index (χ4n) is 2.73. The highest BCUT2D eigenvalue weighted by Gasteiger charge is 2.30. The van der Waals surface area contributed by atoms with E-state index in [2.05, 4.69) is 26.1 Å². The Morgan fingerprint density at radius 3 is 2.46 bits per heavy atom. The summed E-state index contributed by atoms with van der Waals surface area (Å²) in [7, 11) is 0. The molecule has 0 spiro atoms. The van der Waals surface area contributed by atoms with E-state index in [0.29, 0.717) is 5.56 Å². The fourth-order valence-corrected chi connectivity index (χ4v) is 4.03. The summed E-state index contributed by atoms with van der Waals surface area (Å²) in [6.45, 7) is 3.21. The number of rotatable bonds is 3. The van der Waals surface area contributed by atoms with Crippen LogP contribution in [0.4, 0.5) is 8.78 Å².